The van der Waals surface area contributed by atoms with Crippen molar-refractivity contribution in [2.45, 2.75) is 74.1 Å². The molecule has 8 nitrogen and oxygen atoms in total. The number of hydrogen-bond acceptors (Lipinski definition) is 12. The van der Waals surface area contributed by atoms with E-state index in [2.05, 4.69) is 60.4 Å². The predicted octanol–water partition coefficient (Wildman–Crippen LogP) is -1.18. The number of carboxylic acids is 4. The summed E-state index contributed by atoms with van der Waals surface area (Å²) in [6.07, 6.45) is 2.29. The molecule has 0 aromatic rings. The van der Waals surface area contributed by atoms with Gasteiger partial charge < -0.3 is 39.6 Å². The van der Waals surface area contributed by atoms with Crippen LogP contribution in [0.2, 0.25) is 9.88 Å². The number of rotatable bonds is 18. The van der Waals surface area contributed by atoms with Crippen LogP contribution in [0.4, 0.5) is 0 Å². The van der Waals surface area contributed by atoms with Gasteiger partial charge in [-0.1, -0.05) is 0 Å². The Labute approximate surface area is 241 Å². The van der Waals surface area contributed by atoms with Crippen LogP contribution in [0.25, 0.3) is 0 Å². The summed E-state index contributed by atoms with van der Waals surface area (Å²) in [7, 11) is 0. The summed E-state index contributed by atoms with van der Waals surface area (Å²) in [6.45, 7) is 0. The van der Waals surface area contributed by atoms with E-state index >= 15 is 0 Å². The number of hydrogen-bond donors (Lipinski definition) is 4. The number of carbonyl (C=O) groups is 4. The normalized spacial score (nSPS) is 10.9. The molecule has 0 rings (SSSR count). The molecule has 0 aliphatic heterocycles. The van der Waals surface area contributed by atoms with Crippen LogP contribution in [0.15, 0.2) is 0 Å². The van der Waals surface area contributed by atoms with Gasteiger partial charge in [-0.3, -0.25) is 0 Å². The molecule has 0 aromatic heterocycles. The summed E-state index contributed by atoms with van der Waals surface area (Å²) in [4.78, 5) is 47.5. The van der Waals surface area contributed by atoms with E-state index in [9.17, 15) is 39.6 Å². The second-order valence-corrected chi connectivity index (χ2v) is 14.0. The number of aliphatic carboxylic acids is 4. The average Bonchev–Trinajstić information content (AvgIpc) is 2.74. The van der Waals surface area contributed by atoms with Gasteiger partial charge >= 0.3 is 31.0 Å². The molecular weight excluding hydrogens is 639 g/mol. The summed E-state index contributed by atoms with van der Waals surface area (Å²) < 4.78 is 0. The van der Waals surface area contributed by atoms with Gasteiger partial charge in [0.1, 0.15) is 0 Å². The summed E-state index contributed by atoms with van der Waals surface area (Å²) in [6, 6.07) is 0. The summed E-state index contributed by atoms with van der Waals surface area (Å²) in [5, 5.41) is 42.8. The van der Waals surface area contributed by atoms with E-state index in [0.29, 0.717) is 48.7 Å². The van der Waals surface area contributed by atoms with Crippen molar-refractivity contribution in [2.24, 2.45) is 10.8 Å². The van der Waals surface area contributed by atoms with E-state index in [-0.39, 0.29) is 59.7 Å². The Hall–Kier alpha value is 0.0787. The SMILES string of the molecule is O=C([O-])CCCC(CCS)(CCS)C(=O)[O-].O=C([O-])CCCC(CCS)(CCS)C(=O)[O-].[CH3][SnH2+4][CH3]. The third kappa shape index (κ3) is 19.8. The molecule has 0 bridgehead atoms. The molecule has 0 N–H and O–H groups in total. The molecule has 0 aromatic carbocycles. The standard InChI is InChI=1S/2C10H18O4S2.2CH3.Sn.2H/c2*11-8(12)2-1-3-10(4-6-15,5-7-16)9(13)14;;;;;/h2*15-16H,1-7H2,(H,11,12)(H,13,14);2*1H3;;;/q;;;;+4;;/p-4. The predicted molar refractivity (Wildman–Crippen MR) is 147 cm³/mol. The van der Waals surface area contributed by atoms with Gasteiger partial charge in [0, 0.05) is 34.7 Å². The van der Waals surface area contributed by atoms with Gasteiger partial charge in [0.25, 0.3) is 0 Å². The average molecular weight is 680 g/mol. The molecule has 0 fully saturated rings. The molecule has 0 atom stereocenters. The second-order valence-electron chi connectivity index (χ2n) is 8.19. The maximum absolute atomic E-state index is 11.1. The topological polar surface area (TPSA) is 161 Å². The molecule has 0 heterocycles. The molecule has 13 heteroatoms. The maximum atomic E-state index is 11.1. The Bertz CT molecular complexity index is 546. The van der Waals surface area contributed by atoms with Crippen LogP contribution in [-0.4, -0.2) is 68.0 Å². The van der Waals surface area contributed by atoms with E-state index in [4.69, 9.17) is 0 Å². The van der Waals surface area contributed by atoms with Gasteiger partial charge in [-0.05, 0) is 87.2 Å². The zero-order valence-electron chi connectivity index (χ0n) is 20.7. The van der Waals surface area contributed by atoms with Crippen LogP contribution < -0.4 is 20.4 Å². The molecule has 204 valence electrons. The molecule has 4 radical (unpaired) electrons. The van der Waals surface area contributed by atoms with E-state index in [0.717, 1.165) is 0 Å². The van der Waals surface area contributed by atoms with E-state index in [1.807, 2.05) is 0 Å². The number of carbonyl (C=O) groups excluding carboxylic acids is 4. The number of thiol groups is 4. The van der Waals surface area contributed by atoms with Gasteiger partial charge in [0.2, 0.25) is 0 Å². The summed E-state index contributed by atoms with van der Waals surface area (Å²) >= 11 is 16.1. The first-order chi connectivity index (χ1) is 16.4. The van der Waals surface area contributed by atoms with Crippen molar-refractivity contribution in [3.8, 4) is 0 Å². The van der Waals surface area contributed by atoms with Crippen molar-refractivity contribution in [3.63, 3.8) is 0 Å². The summed E-state index contributed by atoms with van der Waals surface area (Å²) in [5.74, 6) is -2.92. The first-order valence-electron chi connectivity index (χ1n) is 11.6. The van der Waals surface area contributed by atoms with Gasteiger partial charge in [0.15, 0.2) is 0 Å². The first-order valence-corrected chi connectivity index (χ1v) is 22.2. The van der Waals surface area contributed by atoms with Crippen LogP contribution >= 0.6 is 50.5 Å². The minimum atomic E-state index is -1.16. The molecule has 0 aliphatic rings. The minimum absolute atomic E-state index is 0.01000. The van der Waals surface area contributed by atoms with Crippen molar-refractivity contribution in [1.29, 1.82) is 0 Å². The molecule has 0 saturated heterocycles. The van der Waals surface area contributed by atoms with Crippen LogP contribution in [0, 0.1) is 10.8 Å². The van der Waals surface area contributed by atoms with E-state index in [1.54, 1.807) is 0 Å². The Morgan fingerprint density at radius 3 is 0.943 bits per heavy atom. The molecule has 0 aliphatic carbocycles. The van der Waals surface area contributed by atoms with Crippen molar-refractivity contribution in [3.05, 3.63) is 0 Å². The summed E-state index contributed by atoms with van der Waals surface area (Å²) in [5.41, 5.74) is -2.00. The zero-order chi connectivity index (χ0) is 27.9. The zero-order valence-corrected chi connectivity index (χ0v) is 28.3. The van der Waals surface area contributed by atoms with Crippen molar-refractivity contribution < 1.29 is 39.6 Å². The van der Waals surface area contributed by atoms with Crippen molar-refractivity contribution in [1.82, 2.24) is 0 Å². The van der Waals surface area contributed by atoms with Gasteiger partial charge in [0.05, 0.1) is 0 Å². The van der Waals surface area contributed by atoms with Crippen molar-refractivity contribution >= 4 is 95.5 Å². The Balaban J connectivity index is -0.000000525. The first kappa shape index (κ1) is 39.6. The van der Waals surface area contributed by atoms with Gasteiger partial charge in [-0.2, -0.15) is 50.5 Å². The molecule has 0 amide bonds. The van der Waals surface area contributed by atoms with Gasteiger partial charge in [-0.25, -0.2) is 0 Å². The molecule has 0 saturated carbocycles. The second kappa shape index (κ2) is 24.4. The van der Waals surface area contributed by atoms with Crippen LogP contribution in [0.5, 0.6) is 0 Å². The van der Waals surface area contributed by atoms with Crippen LogP contribution in [0.1, 0.15) is 64.2 Å². The monoisotopic (exact) mass is 680 g/mol. The van der Waals surface area contributed by atoms with Gasteiger partial charge in [-0.15, -0.1) is 0 Å². The van der Waals surface area contributed by atoms with Crippen LogP contribution in [0.3, 0.4) is 0 Å². The molecule has 0 unspecified atom stereocenters. The fourth-order valence-electron chi connectivity index (χ4n) is 3.36. The molecule has 35 heavy (non-hydrogen) atoms. The molecular formula is C22H40O8S4Sn. The van der Waals surface area contributed by atoms with Crippen molar-refractivity contribution in [2.75, 3.05) is 23.0 Å². The Kier molecular flexibility index (Phi) is 27.6. The number of carboxylic acid groups (broad SMARTS) is 4. The quantitative estimate of drug-likeness (QED) is 0.104. The third-order valence-electron chi connectivity index (χ3n) is 5.30. The molecule has 0 spiro atoms. The third-order valence-corrected chi connectivity index (χ3v) is 6.19. The van der Waals surface area contributed by atoms with E-state index < -0.39 is 34.7 Å². The fourth-order valence-corrected chi connectivity index (χ4v) is 5.07. The van der Waals surface area contributed by atoms with E-state index in [1.165, 1.54) is 0 Å². The van der Waals surface area contributed by atoms with Crippen LogP contribution in [-0.2, 0) is 19.2 Å². The Morgan fingerprint density at radius 1 is 0.571 bits per heavy atom. The fraction of sp³-hybridized carbons (Fsp3) is 0.818. The Morgan fingerprint density at radius 2 is 0.800 bits per heavy atom.